The Morgan fingerprint density at radius 1 is 1.25 bits per heavy atom. The second kappa shape index (κ2) is 7.84. The summed E-state index contributed by atoms with van der Waals surface area (Å²) in [6, 6.07) is 7.78. The van der Waals surface area contributed by atoms with Crippen LogP contribution in [-0.2, 0) is 0 Å². The quantitative estimate of drug-likeness (QED) is 0.816. The number of nitrogens with one attached hydrogen (secondary N) is 1. The summed E-state index contributed by atoms with van der Waals surface area (Å²) >= 11 is 0. The number of carbonyl (C=O) groups excluding carboxylic acids is 1. The Kier molecular flexibility index (Phi) is 5.56. The molecule has 24 heavy (non-hydrogen) atoms. The molecule has 0 unspecified atom stereocenters. The van der Waals surface area contributed by atoms with E-state index in [1.54, 1.807) is 0 Å². The summed E-state index contributed by atoms with van der Waals surface area (Å²) < 4.78 is 5.63. The SMILES string of the molecule is Cc1ccc2oc(C(=O)NCCCCN3CCC(C)CC3)cc2c1. The molecule has 0 aliphatic carbocycles. The van der Waals surface area contributed by atoms with E-state index in [9.17, 15) is 4.79 Å². The summed E-state index contributed by atoms with van der Waals surface area (Å²) in [5, 5.41) is 3.95. The van der Waals surface area contributed by atoms with Gasteiger partial charge in [-0.15, -0.1) is 0 Å². The molecule has 1 aliphatic heterocycles. The van der Waals surface area contributed by atoms with Gasteiger partial charge in [0.1, 0.15) is 5.58 Å². The minimum Gasteiger partial charge on any atom is -0.451 e. The number of rotatable bonds is 6. The normalized spacial score (nSPS) is 16.6. The maximum absolute atomic E-state index is 12.2. The van der Waals surface area contributed by atoms with E-state index in [-0.39, 0.29) is 5.91 Å². The largest absolute Gasteiger partial charge is 0.451 e. The molecule has 0 radical (unpaired) electrons. The van der Waals surface area contributed by atoms with Crippen molar-refractivity contribution in [3.8, 4) is 0 Å². The van der Waals surface area contributed by atoms with Gasteiger partial charge < -0.3 is 14.6 Å². The van der Waals surface area contributed by atoms with Crippen LogP contribution in [0, 0.1) is 12.8 Å². The second-order valence-electron chi connectivity index (χ2n) is 7.14. The van der Waals surface area contributed by atoms with Crippen LogP contribution in [0.3, 0.4) is 0 Å². The number of hydrogen-bond acceptors (Lipinski definition) is 3. The van der Waals surface area contributed by atoms with Gasteiger partial charge in [0, 0.05) is 11.9 Å². The van der Waals surface area contributed by atoms with E-state index in [4.69, 9.17) is 4.42 Å². The summed E-state index contributed by atoms with van der Waals surface area (Å²) in [6.45, 7) is 8.69. The van der Waals surface area contributed by atoms with Crippen molar-refractivity contribution in [2.24, 2.45) is 5.92 Å². The molecule has 0 saturated carbocycles. The smallest absolute Gasteiger partial charge is 0.287 e. The first-order valence-electron chi connectivity index (χ1n) is 9.12. The van der Waals surface area contributed by atoms with Crippen LogP contribution in [0.25, 0.3) is 11.0 Å². The van der Waals surface area contributed by atoms with Crippen LogP contribution in [0.2, 0.25) is 0 Å². The van der Waals surface area contributed by atoms with Crippen LogP contribution in [-0.4, -0.2) is 37.0 Å². The molecule has 0 bridgehead atoms. The first kappa shape index (κ1) is 17.0. The highest BCUT2D eigenvalue weighted by atomic mass is 16.3. The van der Waals surface area contributed by atoms with Crippen molar-refractivity contribution in [3.63, 3.8) is 0 Å². The summed E-state index contributed by atoms with van der Waals surface area (Å²) in [5.41, 5.74) is 1.94. The number of carbonyl (C=O) groups is 1. The maximum Gasteiger partial charge on any atom is 0.287 e. The Hall–Kier alpha value is -1.81. The van der Waals surface area contributed by atoms with Gasteiger partial charge in [-0.3, -0.25) is 4.79 Å². The van der Waals surface area contributed by atoms with Crippen LogP contribution in [0.15, 0.2) is 28.7 Å². The number of unbranched alkanes of at least 4 members (excludes halogenated alkanes) is 1. The topological polar surface area (TPSA) is 45.5 Å². The number of aryl methyl sites for hydroxylation is 1. The van der Waals surface area contributed by atoms with Gasteiger partial charge in [-0.2, -0.15) is 0 Å². The van der Waals surface area contributed by atoms with Crippen molar-refractivity contribution in [1.29, 1.82) is 0 Å². The lowest BCUT2D eigenvalue weighted by Gasteiger charge is -2.30. The second-order valence-corrected chi connectivity index (χ2v) is 7.14. The third-order valence-corrected chi connectivity index (χ3v) is 4.96. The lowest BCUT2D eigenvalue weighted by Crippen LogP contribution is -2.34. The van der Waals surface area contributed by atoms with Gasteiger partial charge in [-0.1, -0.05) is 18.6 Å². The van der Waals surface area contributed by atoms with Gasteiger partial charge in [0.05, 0.1) is 0 Å². The van der Waals surface area contributed by atoms with Crippen molar-refractivity contribution >= 4 is 16.9 Å². The summed E-state index contributed by atoms with van der Waals surface area (Å²) in [4.78, 5) is 14.7. The number of nitrogens with zero attached hydrogens (tertiary/aromatic N) is 1. The number of benzene rings is 1. The molecular weight excluding hydrogens is 300 g/mol. The van der Waals surface area contributed by atoms with Crippen molar-refractivity contribution in [3.05, 3.63) is 35.6 Å². The third-order valence-electron chi connectivity index (χ3n) is 4.96. The first-order chi connectivity index (χ1) is 11.6. The molecule has 1 aromatic heterocycles. The van der Waals surface area contributed by atoms with Gasteiger partial charge in [-0.05, 0) is 76.4 Å². The molecule has 130 valence electrons. The molecule has 1 aromatic carbocycles. The number of fused-ring (bicyclic) bond motifs is 1. The molecule has 0 atom stereocenters. The number of furan rings is 1. The van der Waals surface area contributed by atoms with Gasteiger partial charge in [0.2, 0.25) is 0 Å². The van der Waals surface area contributed by atoms with Crippen LogP contribution in [0.4, 0.5) is 0 Å². The fraction of sp³-hybridized carbons (Fsp3) is 0.550. The maximum atomic E-state index is 12.2. The predicted octanol–water partition coefficient (Wildman–Crippen LogP) is 3.98. The molecule has 1 saturated heterocycles. The van der Waals surface area contributed by atoms with E-state index in [0.717, 1.165) is 36.3 Å². The van der Waals surface area contributed by atoms with E-state index in [0.29, 0.717) is 12.3 Å². The average molecular weight is 328 g/mol. The molecule has 4 nitrogen and oxygen atoms in total. The Morgan fingerprint density at radius 2 is 2.04 bits per heavy atom. The highest BCUT2D eigenvalue weighted by Gasteiger charge is 2.15. The number of hydrogen-bond donors (Lipinski definition) is 1. The Labute approximate surface area is 144 Å². The molecule has 3 rings (SSSR count). The zero-order valence-corrected chi connectivity index (χ0v) is 14.8. The number of likely N-dealkylation sites (tertiary alicyclic amines) is 1. The molecule has 1 amide bonds. The van der Waals surface area contributed by atoms with E-state index in [2.05, 4.69) is 17.1 Å². The highest BCUT2D eigenvalue weighted by molar-refractivity contribution is 5.96. The van der Waals surface area contributed by atoms with E-state index in [1.165, 1.54) is 31.5 Å². The van der Waals surface area contributed by atoms with Gasteiger partial charge in [0.15, 0.2) is 5.76 Å². The van der Waals surface area contributed by atoms with Gasteiger partial charge >= 0.3 is 0 Å². The van der Waals surface area contributed by atoms with Crippen molar-refractivity contribution in [2.45, 2.75) is 39.5 Å². The van der Waals surface area contributed by atoms with Crippen LogP contribution >= 0.6 is 0 Å². The van der Waals surface area contributed by atoms with Crippen molar-refractivity contribution in [2.75, 3.05) is 26.2 Å². The minimum atomic E-state index is -0.115. The van der Waals surface area contributed by atoms with Crippen molar-refractivity contribution < 1.29 is 9.21 Å². The first-order valence-corrected chi connectivity index (χ1v) is 9.12. The summed E-state index contributed by atoms with van der Waals surface area (Å²) in [5.74, 6) is 1.17. The average Bonchev–Trinajstić information content (AvgIpc) is 2.99. The Balaban J connectivity index is 1.39. The zero-order chi connectivity index (χ0) is 16.9. The zero-order valence-electron chi connectivity index (χ0n) is 14.8. The van der Waals surface area contributed by atoms with Crippen LogP contribution in [0.5, 0.6) is 0 Å². The van der Waals surface area contributed by atoms with E-state index < -0.39 is 0 Å². The predicted molar refractivity (Wildman–Crippen MR) is 97.4 cm³/mol. The fourth-order valence-electron chi connectivity index (χ4n) is 3.31. The fourth-order valence-corrected chi connectivity index (χ4v) is 3.31. The monoisotopic (exact) mass is 328 g/mol. The Bertz CT molecular complexity index is 684. The molecule has 2 heterocycles. The minimum absolute atomic E-state index is 0.115. The summed E-state index contributed by atoms with van der Waals surface area (Å²) in [7, 11) is 0. The van der Waals surface area contributed by atoms with Gasteiger partial charge in [-0.25, -0.2) is 0 Å². The van der Waals surface area contributed by atoms with Crippen molar-refractivity contribution in [1.82, 2.24) is 10.2 Å². The molecule has 4 heteroatoms. The third kappa shape index (κ3) is 4.38. The van der Waals surface area contributed by atoms with Crippen LogP contribution in [0.1, 0.15) is 48.7 Å². The molecule has 1 fully saturated rings. The number of piperidine rings is 1. The lowest BCUT2D eigenvalue weighted by molar-refractivity contribution is 0.0926. The highest BCUT2D eigenvalue weighted by Crippen LogP contribution is 2.20. The molecule has 1 N–H and O–H groups in total. The van der Waals surface area contributed by atoms with E-state index in [1.807, 2.05) is 31.2 Å². The molecule has 1 aliphatic rings. The summed E-state index contributed by atoms with van der Waals surface area (Å²) in [6.07, 6.45) is 4.79. The van der Waals surface area contributed by atoms with E-state index >= 15 is 0 Å². The Morgan fingerprint density at radius 3 is 2.83 bits per heavy atom. The standard InChI is InChI=1S/C20H28N2O2/c1-15-7-11-22(12-8-15)10-4-3-9-21-20(23)19-14-17-13-16(2)5-6-18(17)24-19/h5-6,13-15H,3-4,7-12H2,1-2H3,(H,21,23). The lowest BCUT2D eigenvalue weighted by atomic mass is 9.99. The van der Waals surface area contributed by atoms with Crippen LogP contribution < -0.4 is 5.32 Å². The molecule has 2 aromatic rings. The number of amides is 1. The molecule has 0 spiro atoms. The molecular formula is C20H28N2O2. The van der Waals surface area contributed by atoms with Gasteiger partial charge in [0.25, 0.3) is 5.91 Å².